The summed E-state index contributed by atoms with van der Waals surface area (Å²) in [6, 6.07) is 0. The van der Waals surface area contributed by atoms with Crippen LogP contribution in [0.15, 0.2) is 23.1 Å². The molecule has 0 saturated heterocycles. The van der Waals surface area contributed by atoms with Gasteiger partial charge in [0.1, 0.15) is 15.7 Å². The lowest BCUT2D eigenvalue weighted by atomic mass is 10.2. The highest BCUT2D eigenvalue weighted by Gasteiger charge is 2.16. The van der Waals surface area contributed by atoms with E-state index in [0.29, 0.717) is 60.6 Å². The van der Waals surface area contributed by atoms with Gasteiger partial charge in [0, 0.05) is 38.7 Å². The Hall–Kier alpha value is -2.50. The molecule has 11 heteroatoms. The largest absolute Gasteiger partial charge is 0.462 e. The van der Waals surface area contributed by atoms with Crippen LogP contribution in [0.5, 0.6) is 0 Å². The Labute approximate surface area is 195 Å². The molecule has 0 unspecified atom stereocenters. The number of aromatic nitrogens is 4. The summed E-state index contributed by atoms with van der Waals surface area (Å²) in [6.07, 6.45) is 8.07. The summed E-state index contributed by atoms with van der Waals surface area (Å²) >= 11 is 3.18. The topological polar surface area (TPSA) is 129 Å². The summed E-state index contributed by atoms with van der Waals surface area (Å²) in [5.41, 5.74) is 1.47. The summed E-state index contributed by atoms with van der Waals surface area (Å²) in [7, 11) is 0. The van der Waals surface area contributed by atoms with Gasteiger partial charge in [0.2, 0.25) is 0 Å². The van der Waals surface area contributed by atoms with Crippen LogP contribution in [-0.2, 0) is 22.6 Å². The maximum Gasteiger partial charge on any atom is 0.342 e. The second kappa shape index (κ2) is 15.3. The average molecular weight is 515 g/mol. The Morgan fingerprint density at radius 2 is 1.47 bits per heavy atom. The lowest BCUT2D eigenvalue weighted by molar-refractivity contribution is 0.0516. The first-order chi connectivity index (χ1) is 15.4. The normalized spacial score (nSPS) is 10.7. The minimum atomic E-state index is -0.389. The van der Waals surface area contributed by atoms with Gasteiger partial charge in [-0.2, -0.15) is 10.2 Å². The molecule has 2 rings (SSSR count). The fraction of sp³-hybridized carbons (Fsp3) is 0.524. The van der Waals surface area contributed by atoms with E-state index < -0.39 is 0 Å². The number of allylic oxidation sites excluding steroid dienone is 1. The molecule has 2 aromatic rings. The Kier molecular flexibility index (Phi) is 13.2. The number of aliphatic hydroxyl groups is 2. The van der Waals surface area contributed by atoms with E-state index in [2.05, 4.69) is 26.1 Å². The van der Waals surface area contributed by atoms with E-state index in [1.807, 2.05) is 13.0 Å². The molecule has 0 aromatic carbocycles. The number of hydrogen-bond acceptors (Lipinski definition) is 8. The monoisotopic (exact) mass is 514 g/mol. The van der Waals surface area contributed by atoms with E-state index in [9.17, 15) is 9.59 Å². The molecular formula is C21H31BrN4O6. The van der Waals surface area contributed by atoms with Crippen molar-refractivity contribution in [2.75, 3.05) is 26.4 Å². The number of carbonyl (C=O) groups is 2. The zero-order valence-corrected chi connectivity index (χ0v) is 20.2. The van der Waals surface area contributed by atoms with Crippen LogP contribution in [0.2, 0.25) is 0 Å². The van der Waals surface area contributed by atoms with Gasteiger partial charge in [0.25, 0.3) is 0 Å². The molecule has 0 aliphatic heterocycles. The molecule has 2 N–H and O–H groups in total. The maximum absolute atomic E-state index is 11.7. The molecule has 0 amide bonds. The molecule has 0 aliphatic rings. The lowest BCUT2D eigenvalue weighted by Gasteiger charge is -1.98. The molecule has 0 bridgehead atoms. The van der Waals surface area contributed by atoms with Gasteiger partial charge in [-0.1, -0.05) is 6.08 Å². The average Bonchev–Trinajstić information content (AvgIpc) is 3.35. The summed E-state index contributed by atoms with van der Waals surface area (Å²) in [4.78, 5) is 23.1. The fourth-order valence-corrected chi connectivity index (χ4v) is 2.99. The van der Waals surface area contributed by atoms with E-state index in [1.165, 1.54) is 0 Å². The summed E-state index contributed by atoms with van der Waals surface area (Å²) < 4.78 is 13.5. The third kappa shape index (κ3) is 8.93. The third-order valence-corrected chi connectivity index (χ3v) is 4.50. The molecule has 2 aromatic heterocycles. The molecule has 2 heterocycles. The van der Waals surface area contributed by atoms with Crippen LogP contribution in [-0.4, -0.2) is 68.1 Å². The Bertz CT molecular complexity index is 878. The number of ether oxygens (including phenoxy) is 2. The Morgan fingerprint density at radius 3 is 1.97 bits per heavy atom. The Morgan fingerprint density at radius 1 is 0.969 bits per heavy atom. The first-order valence-corrected chi connectivity index (χ1v) is 11.2. The van der Waals surface area contributed by atoms with E-state index in [0.717, 1.165) is 0 Å². The van der Waals surface area contributed by atoms with Crippen molar-refractivity contribution in [3.8, 4) is 0 Å². The van der Waals surface area contributed by atoms with E-state index in [1.54, 1.807) is 41.7 Å². The highest BCUT2D eigenvalue weighted by Crippen LogP contribution is 2.15. The zero-order chi connectivity index (χ0) is 23.9. The van der Waals surface area contributed by atoms with Gasteiger partial charge in [0.05, 0.1) is 18.9 Å². The van der Waals surface area contributed by atoms with Gasteiger partial charge in [-0.25, -0.2) is 9.59 Å². The van der Waals surface area contributed by atoms with Gasteiger partial charge >= 0.3 is 11.9 Å². The molecule has 0 spiro atoms. The number of carbonyl (C=O) groups excluding carboxylic acids is 2. The first kappa shape index (κ1) is 27.5. The van der Waals surface area contributed by atoms with Crippen LogP contribution in [0.3, 0.4) is 0 Å². The van der Waals surface area contributed by atoms with Gasteiger partial charge in [0.15, 0.2) is 0 Å². The quantitative estimate of drug-likeness (QED) is 0.437. The van der Waals surface area contributed by atoms with Crippen molar-refractivity contribution in [3.05, 3.63) is 39.9 Å². The third-order valence-electron chi connectivity index (χ3n) is 3.91. The van der Waals surface area contributed by atoms with Crippen molar-refractivity contribution in [2.45, 2.75) is 46.7 Å². The number of esters is 2. The number of aliphatic hydroxyl groups excluding tert-OH is 2. The molecule has 32 heavy (non-hydrogen) atoms. The predicted octanol–water partition coefficient (Wildman–Crippen LogP) is 2.68. The van der Waals surface area contributed by atoms with Crippen molar-refractivity contribution in [1.29, 1.82) is 0 Å². The van der Waals surface area contributed by atoms with E-state index in [4.69, 9.17) is 19.7 Å². The van der Waals surface area contributed by atoms with Crippen LogP contribution in [0.4, 0.5) is 0 Å². The van der Waals surface area contributed by atoms with Crippen molar-refractivity contribution < 1.29 is 29.3 Å². The zero-order valence-electron chi connectivity index (χ0n) is 18.7. The highest BCUT2D eigenvalue weighted by atomic mass is 79.9. The smallest absolute Gasteiger partial charge is 0.342 e. The lowest BCUT2D eigenvalue weighted by Crippen LogP contribution is -2.05. The Balaban J connectivity index is 0.000000323. The minimum Gasteiger partial charge on any atom is -0.462 e. The number of aryl methyl sites for hydroxylation is 2. The van der Waals surface area contributed by atoms with Crippen molar-refractivity contribution >= 4 is 33.9 Å². The second-order valence-electron chi connectivity index (χ2n) is 6.38. The van der Waals surface area contributed by atoms with Crippen LogP contribution in [0.1, 0.15) is 60.0 Å². The summed E-state index contributed by atoms with van der Waals surface area (Å²) in [5, 5.41) is 25.7. The second-order valence-corrected chi connectivity index (χ2v) is 7.13. The van der Waals surface area contributed by atoms with Crippen LogP contribution >= 0.6 is 15.9 Å². The minimum absolute atomic E-state index is 0.103. The molecule has 0 saturated carbocycles. The predicted molar refractivity (Wildman–Crippen MR) is 122 cm³/mol. The molecule has 10 nitrogen and oxygen atoms in total. The molecule has 0 atom stereocenters. The summed E-state index contributed by atoms with van der Waals surface area (Å²) in [6.45, 7) is 7.44. The van der Waals surface area contributed by atoms with Gasteiger partial charge < -0.3 is 19.7 Å². The standard InChI is InChI=1S/C12H18N2O3.C9H13BrN2O3/c1-3-6-11-10(12(16)17-4-2)9-14(13-11)7-5-8-15;1-2-15-9(14)7-6-12(4-3-5-13)11-8(7)10/h3,6,9,15H,4-5,7-8H2,1-2H3;6,13H,2-5H2,1H3/b6-3+;. The summed E-state index contributed by atoms with van der Waals surface area (Å²) in [5.74, 6) is -0.754. The van der Waals surface area contributed by atoms with Crippen LogP contribution in [0.25, 0.3) is 6.08 Å². The first-order valence-electron chi connectivity index (χ1n) is 10.4. The SMILES string of the molecule is C/C=C/c1nn(CCCO)cc1C(=O)OCC.CCOC(=O)c1cn(CCCO)nc1Br. The highest BCUT2D eigenvalue weighted by molar-refractivity contribution is 9.10. The molecule has 0 fully saturated rings. The van der Waals surface area contributed by atoms with E-state index >= 15 is 0 Å². The molecular weight excluding hydrogens is 484 g/mol. The molecule has 178 valence electrons. The van der Waals surface area contributed by atoms with E-state index in [-0.39, 0.29) is 25.2 Å². The fourth-order valence-electron chi connectivity index (χ4n) is 2.52. The number of halogens is 1. The van der Waals surface area contributed by atoms with Crippen LogP contribution < -0.4 is 0 Å². The van der Waals surface area contributed by atoms with Crippen molar-refractivity contribution in [1.82, 2.24) is 19.6 Å². The number of nitrogens with zero attached hydrogens (tertiary/aromatic N) is 4. The van der Waals surface area contributed by atoms with Crippen LogP contribution in [0, 0.1) is 0 Å². The maximum atomic E-state index is 11.7. The van der Waals surface area contributed by atoms with Gasteiger partial charge in [-0.15, -0.1) is 0 Å². The number of rotatable bonds is 11. The number of hydrogen-bond donors (Lipinski definition) is 2. The van der Waals surface area contributed by atoms with Crippen molar-refractivity contribution in [3.63, 3.8) is 0 Å². The van der Waals surface area contributed by atoms with Gasteiger partial charge in [-0.05, 0) is 55.6 Å². The molecule has 0 radical (unpaired) electrons. The van der Waals surface area contributed by atoms with Gasteiger partial charge in [-0.3, -0.25) is 9.36 Å². The molecule has 0 aliphatic carbocycles. The van der Waals surface area contributed by atoms with Crippen molar-refractivity contribution in [2.24, 2.45) is 0 Å².